The second kappa shape index (κ2) is 8.23. The minimum atomic E-state index is -4.02. The molecule has 0 radical (unpaired) electrons. The number of fused-ring (bicyclic) bond motifs is 2. The summed E-state index contributed by atoms with van der Waals surface area (Å²) in [6.07, 6.45) is 1.55. The van der Waals surface area contributed by atoms with E-state index in [1.165, 1.54) is 4.68 Å². The Hall–Kier alpha value is -3.75. The molecular weight excluding hydrogens is 470 g/mol. The molecule has 2 heterocycles. The monoisotopic (exact) mass is 489 g/mol. The van der Waals surface area contributed by atoms with Crippen LogP contribution >= 0.6 is 11.6 Å². The van der Waals surface area contributed by atoms with Crippen molar-refractivity contribution in [1.82, 2.24) is 14.6 Å². The Balaban J connectivity index is 1.80. The van der Waals surface area contributed by atoms with Gasteiger partial charge in [-0.2, -0.15) is 9.78 Å². The van der Waals surface area contributed by atoms with E-state index < -0.39 is 9.84 Å². The maximum absolute atomic E-state index is 13.8. The number of nitrogen functional groups attached to an aromatic ring is 1. The molecule has 0 fully saturated rings. The second-order valence-corrected chi connectivity index (χ2v) is 10.3. The van der Waals surface area contributed by atoms with E-state index in [4.69, 9.17) is 17.3 Å². The van der Waals surface area contributed by atoms with E-state index in [2.05, 4.69) is 15.1 Å². The number of nitrogens with zero attached hydrogens (tertiary/aromatic N) is 4. The van der Waals surface area contributed by atoms with Crippen molar-refractivity contribution in [2.24, 2.45) is 5.10 Å². The number of benzene rings is 3. The molecule has 0 amide bonds. The summed E-state index contributed by atoms with van der Waals surface area (Å²) in [5, 5.41) is 5.01. The third-order valence-corrected chi connectivity index (χ3v) is 7.71. The zero-order valence-electron chi connectivity index (χ0n) is 18.4. The van der Waals surface area contributed by atoms with Crippen molar-refractivity contribution in [3.05, 3.63) is 88.4 Å². The van der Waals surface area contributed by atoms with Crippen molar-refractivity contribution in [1.29, 1.82) is 0 Å². The predicted molar refractivity (Wildman–Crippen MR) is 135 cm³/mol. The standard InChI is InChI=1S/C25H20ClN5O2S/c1-15-10-11-19(12-16(15)2)34(32,33)23-22-25(30-21-9-4-3-8-20(21)29-22)31(24(23)27)28-14-17-6-5-7-18(26)13-17/h3-14H,27H2,1-2H3/b28-14+. The number of hydrogen-bond donors (Lipinski definition) is 1. The summed E-state index contributed by atoms with van der Waals surface area (Å²) in [5.41, 5.74) is 10.6. The number of nitrogens with two attached hydrogens (primary N) is 1. The number of aryl methyl sites for hydroxylation is 2. The fraction of sp³-hybridized carbons (Fsp3) is 0.0800. The van der Waals surface area contributed by atoms with Crippen LogP contribution in [0.2, 0.25) is 5.02 Å². The zero-order chi connectivity index (χ0) is 24.0. The Kier molecular flexibility index (Phi) is 5.34. The number of rotatable bonds is 4. The molecule has 0 saturated carbocycles. The Morgan fingerprint density at radius 1 is 0.941 bits per heavy atom. The highest BCUT2D eigenvalue weighted by Crippen LogP contribution is 2.35. The SMILES string of the molecule is Cc1ccc(S(=O)(=O)c2c(N)n(/N=C/c3cccc(Cl)c3)c3nc4ccccc4nc23)cc1C. The summed E-state index contributed by atoms with van der Waals surface area (Å²) in [6.45, 7) is 3.79. The van der Waals surface area contributed by atoms with Crippen LogP contribution in [0, 0.1) is 13.8 Å². The molecule has 2 aromatic heterocycles. The van der Waals surface area contributed by atoms with Gasteiger partial charge in [0.2, 0.25) is 9.84 Å². The fourth-order valence-electron chi connectivity index (χ4n) is 3.71. The zero-order valence-corrected chi connectivity index (χ0v) is 20.0. The normalized spacial score (nSPS) is 12.2. The average Bonchev–Trinajstić information content (AvgIpc) is 3.08. The van der Waals surface area contributed by atoms with Crippen molar-refractivity contribution >= 4 is 55.7 Å². The molecule has 0 aliphatic heterocycles. The van der Waals surface area contributed by atoms with Crippen molar-refractivity contribution in [3.8, 4) is 0 Å². The van der Waals surface area contributed by atoms with Gasteiger partial charge in [-0.25, -0.2) is 18.4 Å². The highest BCUT2D eigenvalue weighted by atomic mass is 35.5. The molecule has 9 heteroatoms. The van der Waals surface area contributed by atoms with Crippen molar-refractivity contribution < 1.29 is 8.42 Å². The van der Waals surface area contributed by atoms with Crippen LogP contribution in [0.1, 0.15) is 16.7 Å². The van der Waals surface area contributed by atoms with Crippen LogP contribution in [0.4, 0.5) is 5.82 Å². The first kappa shape index (κ1) is 22.1. The van der Waals surface area contributed by atoms with E-state index in [9.17, 15) is 8.42 Å². The topological polar surface area (TPSA) is 103 Å². The summed E-state index contributed by atoms with van der Waals surface area (Å²) in [6, 6.07) is 19.3. The highest BCUT2D eigenvalue weighted by molar-refractivity contribution is 7.92. The molecular formula is C25H20ClN5O2S. The minimum Gasteiger partial charge on any atom is -0.382 e. The summed E-state index contributed by atoms with van der Waals surface area (Å²) in [7, 11) is -4.02. The first-order chi connectivity index (χ1) is 16.3. The predicted octanol–water partition coefficient (Wildman–Crippen LogP) is 5.15. The van der Waals surface area contributed by atoms with Gasteiger partial charge in [-0.05, 0) is 66.9 Å². The lowest BCUT2D eigenvalue weighted by Gasteiger charge is -2.07. The molecule has 0 atom stereocenters. The van der Waals surface area contributed by atoms with Crippen LogP contribution in [0.5, 0.6) is 0 Å². The third kappa shape index (κ3) is 3.70. The molecule has 34 heavy (non-hydrogen) atoms. The largest absolute Gasteiger partial charge is 0.382 e. The van der Waals surface area contributed by atoms with E-state index >= 15 is 0 Å². The van der Waals surface area contributed by atoms with Crippen LogP contribution in [-0.4, -0.2) is 29.3 Å². The van der Waals surface area contributed by atoms with E-state index in [-0.39, 0.29) is 26.8 Å². The molecule has 0 aliphatic carbocycles. The molecule has 0 bridgehead atoms. The van der Waals surface area contributed by atoms with Crippen LogP contribution in [0.15, 0.2) is 81.6 Å². The Morgan fingerprint density at radius 3 is 2.38 bits per heavy atom. The molecule has 0 saturated heterocycles. The van der Waals surface area contributed by atoms with Crippen molar-refractivity contribution in [3.63, 3.8) is 0 Å². The van der Waals surface area contributed by atoms with Crippen LogP contribution < -0.4 is 5.73 Å². The summed E-state index contributed by atoms with van der Waals surface area (Å²) in [4.78, 5) is 9.28. The van der Waals surface area contributed by atoms with Gasteiger partial charge in [-0.1, -0.05) is 41.9 Å². The van der Waals surface area contributed by atoms with Gasteiger partial charge in [0.15, 0.2) is 5.65 Å². The number of para-hydroxylation sites is 2. The number of anilines is 1. The molecule has 5 aromatic rings. The minimum absolute atomic E-state index is 0.0678. The highest BCUT2D eigenvalue weighted by Gasteiger charge is 2.30. The maximum atomic E-state index is 13.8. The molecule has 5 rings (SSSR count). The third-order valence-electron chi connectivity index (χ3n) is 5.66. The van der Waals surface area contributed by atoms with Crippen LogP contribution in [0.25, 0.3) is 22.2 Å². The smallest absolute Gasteiger partial charge is 0.212 e. The molecule has 0 unspecified atom stereocenters. The molecule has 7 nitrogen and oxygen atoms in total. The molecule has 3 aromatic carbocycles. The lowest BCUT2D eigenvalue weighted by atomic mass is 10.1. The van der Waals surface area contributed by atoms with E-state index in [1.54, 1.807) is 54.7 Å². The Morgan fingerprint density at radius 2 is 1.68 bits per heavy atom. The second-order valence-electron chi connectivity index (χ2n) is 7.96. The molecule has 0 aliphatic rings. The molecule has 2 N–H and O–H groups in total. The summed E-state index contributed by atoms with van der Waals surface area (Å²) < 4.78 is 28.8. The van der Waals surface area contributed by atoms with Crippen LogP contribution in [-0.2, 0) is 9.84 Å². The van der Waals surface area contributed by atoms with Gasteiger partial charge >= 0.3 is 0 Å². The molecule has 170 valence electrons. The van der Waals surface area contributed by atoms with Gasteiger partial charge in [-0.15, -0.1) is 0 Å². The average molecular weight is 490 g/mol. The first-order valence-corrected chi connectivity index (χ1v) is 12.3. The van der Waals surface area contributed by atoms with Gasteiger partial charge < -0.3 is 5.73 Å². The number of halogens is 1. The first-order valence-electron chi connectivity index (χ1n) is 10.4. The Labute approximate surface area is 201 Å². The quantitative estimate of drug-likeness (QED) is 0.351. The van der Waals surface area contributed by atoms with Gasteiger partial charge in [0.25, 0.3) is 0 Å². The van der Waals surface area contributed by atoms with Crippen molar-refractivity contribution in [2.75, 3.05) is 5.73 Å². The number of aromatic nitrogens is 3. The number of sulfone groups is 1. The van der Waals surface area contributed by atoms with E-state index in [1.807, 2.05) is 32.0 Å². The maximum Gasteiger partial charge on any atom is 0.212 e. The van der Waals surface area contributed by atoms with Gasteiger partial charge in [0.05, 0.1) is 22.1 Å². The number of hydrogen-bond acceptors (Lipinski definition) is 6. The van der Waals surface area contributed by atoms with E-state index in [0.29, 0.717) is 16.1 Å². The van der Waals surface area contributed by atoms with Crippen molar-refractivity contribution in [2.45, 2.75) is 23.6 Å². The van der Waals surface area contributed by atoms with Gasteiger partial charge in [0.1, 0.15) is 16.2 Å². The van der Waals surface area contributed by atoms with Crippen LogP contribution in [0.3, 0.4) is 0 Å². The summed E-state index contributed by atoms with van der Waals surface area (Å²) >= 11 is 6.08. The molecule has 0 spiro atoms. The van der Waals surface area contributed by atoms with E-state index in [0.717, 1.165) is 16.7 Å². The van der Waals surface area contributed by atoms with Gasteiger partial charge in [0, 0.05) is 5.02 Å². The fourth-order valence-corrected chi connectivity index (χ4v) is 5.48. The Bertz CT molecular complexity index is 1730. The lowest BCUT2D eigenvalue weighted by Crippen LogP contribution is -2.07. The van der Waals surface area contributed by atoms with Gasteiger partial charge in [-0.3, -0.25) is 0 Å². The summed E-state index contributed by atoms with van der Waals surface area (Å²) in [5.74, 6) is -0.0678. The lowest BCUT2D eigenvalue weighted by molar-refractivity contribution is 0.597.